The summed E-state index contributed by atoms with van der Waals surface area (Å²) < 4.78 is 0. The molecule has 0 aromatic heterocycles. The van der Waals surface area contributed by atoms with Gasteiger partial charge in [0, 0.05) is 11.4 Å². The lowest BCUT2D eigenvalue weighted by Crippen LogP contribution is -2.07. The maximum Gasteiger partial charge on any atom is 0.0379 e. The predicted octanol–water partition coefficient (Wildman–Crippen LogP) is 5.96. The Morgan fingerprint density at radius 2 is 0.963 bits per heavy atom. The van der Waals surface area contributed by atoms with Gasteiger partial charge in [-0.05, 0) is 77.3 Å². The van der Waals surface area contributed by atoms with E-state index < -0.39 is 0 Å². The van der Waals surface area contributed by atoms with E-state index in [4.69, 9.17) is 11.5 Å². The van der Waals surface area contributed by atoms with Gasteiger partial charge in [-0.15, -0.1) is 0 Å². The summed E-state index contributed by atoms with van der Waals surface area (Å²) in [5.41, 5.74) is 22.7. The molecule has 0 saturated heterocycles. The molecule has 2 aromatic rings. The van der Waals surface area contributed by atoms with Crippen molar-refractivity contribution in [1.82, 2.24) is 0 Å². The summed E-state index contributed by atoms with van der Waals surface area (Å²) in [5.74, 6) is 1.21. The van der Waals surface area contributed by atoms with Crippen LogP contribution >= 0.6 is 0 Å². The second-order valence-corrected chi connectivity index (χ2v) is 8.74. The molecule has 0 heterocycles. The zero-order valence-electron chi connectivity index (χ0n) is 18.2. The van der Waals surface area contributed by atoms with Crippen LogP contribution < -0.4 is 11.5 Å². The lowest BCUT2D eigenvalue weighted by Gasteiger charge is -2.17. The fourth-order valence-corrected chi connectivity index (χ4v) is 3.94. The summed E-state index contributed by atoms with van der Waals surface area (Å²) in [6.07, 6.45) is 4.97. The van der Waals surface area contributed by atoms with Crippen LogP contribution in [0.15, 0.2) is 24.3 Å². The van der Waals surface area contributed by atoms with Crippen LogP contribution in [0.25, 0.3) is 0 Å². The van der Waals surface area contributed by atoms with Crippen molar-refractivity contribution in [3.05, 3.63) is 57.6 Å². The molecule has 0 amide bonds. The van der Waals surface area contributed by atoms with Crippen LogP contribution in [-0.2, 0) is 32.1 Å². The van der Waals surface area contributed by atoms with E-state index >= 15 is 0 Å². The molecule has 148 valence electrons. The fourth-order valence-electron chi connectivity index (χ4n) is 3.94. The fraction of sp³-hybridized carbons (Fsp3) is 0.520. The third kappa shape index (κ3) is 5.51. The Bertz CT molecular complexity index is 707. The Morgan fingerprint density at radius 3 is 1.26 bits per heavy atom. The molecule has 2 aromatic carbocycles. The molecule has 2 nitrogen and oxygen atoms in total. The Morgan fingerprint density at radius 1 is 0.630 bits per heavy atom. The van der Waals surface area contributed by atoms with Crippen molar-refractivity contribution in [1.29, 1.82) is 0 Å². The first-order valence-electron chi connectivity index (χ1n) is 10.5. The van der Waals surface area contributed by atoms with Crippen molar-refractivity contribution in [2.24, 2.45) is 11.8 Å². The monoisotopic (exact) mass is 366 g/mol. The van der Waals surface area contributed by atoms with Crippen molar-refractivity contribution in [3.8, 4) is 0 Å². The van der Waals surface area contributed by atoms with Crippen LogP contribution in [0.1, 0.15) is 74.9 Å². The maximum absolute atomic E-state index is 6.43. The molecule has 0 fully saturated rings. The lowest BCUT2D eigenvalue weighted by molar-refractivity contribution is 0.647. The van der Waals surface area contributed by atoms with Gasteiger partial charge < -0.3 is 11.5 Å². The number of rotatable bonds is 8. The smallest absolute Gasteiger partial charge is 0.0379 e. The van der Waals surface area contributed by atoms with Crippen molar-refractivity contribution in [2.45, 2.75) is 73.6 Å². The topological polar surface area (TPSA) is 52.0 Å². The minimum atomic E-state index is 0.605. The third-order valence-corrected chi connectivity index (χ3v) is 5.25. The number of anilines is 2. The maximum atomic E-state index is 6.43. The molecule has 4 N–H and O–H groups in total. The molecule has 0 atom stereocenters. The molecule has 0 bridgehead atoms. The molecule has 0 aliphatic rings. The molecule has 2 rings (SSSR count). The highest BCUT2D eigenvalue weighted by molar-refractivity contribution is 5.58. The van der Waals surface area contributed by atoms with E-state index in [0.717, 1.165) is 43.5 Å². The highest BCUT2D eigenvalue weighted by Gasteiger charge is 2.12. The number of nitrogen functional groups attached to an aromatic ring is 2. The van der Waals surface area contributed by atoms with E-state index in [1.54, 1.807) is 0 Å². The first-order chi connectivity index (χ1) is 12.7. The van der Waals surface area contributed by atoms with E-state index in [1.807, 2.05) is 0 Å². The number of benzene rings is 2. The molecule has 0 aliphatic carbocycles. The van der Waals surface area contributed by atoms with E-state index in [2.05, 4.69) is 65.8 Å². The molecule has 0 saturated carbocycles. The van der Waals surface area contributed by atoms with E-state index in [0.29, 0.717) is 11.8 Å². The zero-order valence-corrected chi connectivity index (χ0v) is 18.2. The van der Waals surface area contributed by atoms with E-state index in [9.17, 15) is 0 Å². The van der Waals surface area contributed by atoms with Gasteiger partial charge in [-0.25, -0.2) is 0 Å². The van der Waals surface area contributed by atoms with Crippen LogP contribution in [0.4, 0.5) is 11.4 Å². The van der Waals surface area contributed by atoms with Gasteiger partial charge in [0.1, 0.15) is 0 Å². The van der Waals surface area contributed by atoms with Gasteiger partial charge in [-0.3, -0.25) is 0 Å². The molecule has 0 radical (unpaired) electrons. The highest BCUT2D eigenvalue weighted by atomic mass is 14.6. The summed E-state index contributed by atoms with van der Waals surface area (Å²) in [6.45, 7) is 13.4. The number of nitrogens with two attached hydrogens (primary N) is 2. The van der Waals surface area contributed by atoms with Gasteiger partial charge in [0.25, 0.3) is 0 Å². The normalized spacial score (nSPS) is 11.6. The van der Waals surface area contributed by atoms with Crippen molar-refractivity contribution < 1.29 is 0 Å². The van der Waals surface area contributed by atoms with Gasteiger partial charge in [-0.1, -0.05) is 65.8 Å². The molecule has 0 aliphatic heterocycles. The molecular formula is C25H38N2. The number of aryl methyl sites for hydroxylation is 2. The molecule has 27 heavy (non-hydrogen) atoms. The van der Waals surface area contributed by atoms with Crippen molar-refractivity contribution >= 4 is 11.4 Å². The molecule has 0 spiro atoms. The quantitative estimate of drug-likeness (QED) is 0.566. The van der Waals surface area contributed by atoms with Gasteiger partial charge in [0.15, 0.2) is 0 Å². The van der Waals surface area contributed by atoms with Gasteiger partial charge in [0.05, 0.1) is 0 Å². The van der Waals surface area contributed by atoms with Crippen LogP contribution in [-0.4, -0.2) is 0 Å². The predicted molar refractivity (Wildman–Crippen MR) is 120 cm³/mol. The van der Waals surface area contributed by atoms with Crippen LogP contribution in [0.5, 0.6) is 0 Å². The Balaban J connectivity index is 2.43. The zero-order chi connectivity index (χ0) is 20.1. The number of hydrogen-bond acceptors (Lipinski definition) is 2. The van der Waals surface area contributed by atoms with E-state index in [-0.39, 0.29) is 0 Å². The van der Waals surface area contributed by atoms with Crippen LogP contribution in [0.3, 0.4) is 0 Å². The first kappa shape index (κ1) is 21.3. The summed E-state index contributed by atoms with van der Waals surface area (Å²) in [5, 5.41) is 0. The average Bonchev–Trinajstić information content (AvgIpc) is 2.59. The van der Waals surface area contributed by atoms with E-state index in [1.165, 1.54) is 33.4 Å². The summed E-state index contributed by atoms with van der Waals surface area (Å²) >= 11 is 0. The molecular weight excluding hydrogens is 328 g/mol. The summed E-state index contributed by atoms with van der Waals surface area (Å²) in [7, 11) is 0. The van der Waals surface area contributed by atoms with Crippen molar-refractivity contribution in [3.63, 3.8) is 0 Å². The second-order valence-electron chi connectivity index (χ2n) is 8.74. The van der Waals surface area contributed by atoms with Crippen molar-refractivity contribution in [2.75, 3.05) is 11.5 Å². The lowest BCUT2D eigenvalue weighted by atomic mass is 9.90. The second kappa shape index (κ2) is 9.30. The summed E-state index contributed by atoms with van der Waals surface area (Å²) in [6, 6.07) is 9.23. The average molecular weight is 367 g/mol. The van der Waals surface area contributed by atoms with Crippen LogP contribution in [0, 0.1) is 11.8 Å². The SMILES string of the molecule is CCc1cc(Cc2cc(CC)c(N)c(CC(C)C)c2)cc(CC(C)C)c1N. The standard InChI is InChI=1S/C25H38N2/c1-7-20-12-18(14-22(24(20)26)9-16(3)4)11-19-13-21(8-2)25(27)23(15-19)10-17(5)6/h12-17H,7-11,26-27H2,1-6H3. The molecule has 2 heteroatoms. The highest BCUT2D eigenvalue weighted by Crippen LogP contribution is 2.28. The minimum Gasteiger partial charge on any atom is -0.398 e. The largest absolute Gasteiger partial charge is 0.398 e. The van der Waals surface area contributed by atoms with Gasteiger partial charge in [-0.2, -0.15) is 0 Å². The molecule has 0 unspecified atom stereocenters. The van der Waals surface area contributed by atoms with Gasteiger partial charge >= 0.3 is 0 Å². The Kier molecular flexibility index (Phi) is 7.35. The minimum absolute atomic E-state index is 0.605. The Hall–Kier alpha value is -1.96. The van der Waals surface area contributed by atoms with Crippen LogP contribution in [0.2, 0.25) is 0 Å². The Labute approximate surface area is 166 Å². The number of hydrogen-bond donors (Lipinski definition) is 2. The van der Waals surface area contributed by atoms with Gasteiger partial charge in [0.2, 0.25) is 0 Å². The summed E-state index contributed by atoms with van der Waals surface area (Å²) in [4.78, 5) is 0. The third-order valence-electron chi connectivity index (χ3n) is 5.25. The first-order valence-corrected chi connectivity index (χ1v) is 10.5.